The van der Waals surface area contributed by atoms with Crippen LogP contribution in [0.3, 0.4) is 0 Å². The molecule has 15 heteroatoms. The van der Waals surface area contributed by atoms with Gasteiger partial charge in [-0.1, -0.05) is 11.8 Å². The quantitative estimate of drug-likeness (QED) is 0.212. The average Bonchev–Trinajstić information content (AvgIpc) is 3.48. The lowest BCUT2D eigenvalue weighted by Crippen LogP contribution is -2.37. The number of carboxylic acids is 1. The second kappa shape index (κ2) is 11.0. The van der Waals surface area contributed by atoms with Crippen molar-refractivity contribution in [1.82, 2.24) is 9.29 Å². The van der Waals surface area contributed by atoms with Gasteiger partial charge in [-0.2, -0.15) is 0 Å². The number of benzene rings is 1. The Bertz CT molecular complexity index is 1340. The zero-order valence-electron chi connectivity index (χ0n) is 22.6. The number of aliphatic carboxylic acids is 1. The maximum absolute atomic E-state index is 14.0. The van der Waals surface area contributed by atoms with E-state index in [4.69, 9.17) is 9.72 Å². The summed E-state index contributed by atoms with van der Waals surface area (Å²) in [7, 11) is 1.70. The number of anilines is 2. The van der Waals surface area contributed by atoms with Crippen molar-refractivity contribution in [1.29, 1.82) is 0 Å². The van der Waals surface area contributed by atoms with Gasteiger partial charge in [-0.3, -0.25) is 4.79 Å². The first-order valence-corrected chi connectivity index (χ1v) is 14.8. The van der Waals surface area contributed by atoms with Gasteiger partial charge >= 0.3 is 5.97 Å². The predicted octanol–water partition coefficient (Wildman–Crippen LogP) is 7.49. The molecule has 0 bridgehead atoms. The molecule has 3 aliphatic rings. The summed E-state index contributed by atoms with van der Waals surface area (Å²) in [5.41, 5.74) is -1.91. The number of aromatic nitrogens is 1. The van der Waals surface area contributed by atoms with Crippen LogP contribution >= 0.6 is 23.7 Å². The highest BCUT2D eigenvalue weighted by Crippen LogP contribution is 2.61. The van der Waals surface area contributed by atoms with Gasteiger partial charge in [0, 0.05) is 55.3 Å². The standard InChI is InChI=1S/C27H28F7N3O3S2/c1-24(29,30)8-7-17-12-37(16-5-3-15(28)4-6-16)21-20(42-36(17)2)9-19(22(35-21)41-18-10-26(31,32)11-18)40-14-25(23(38)39)13-27(25,33)34/h3-6,9,17-18H,7-8,10-14H2,1-2H3,(H,38,39). The van der Waals surface area contributed by atoms with E-state index in [2.05, 4.69) is 0 Å². The lowest BCUT2D eigenvalue weighted by atomic mass is 9.94. The molecule has 0 spiro atoms. The molecule has 1 aliphatic heterocycles. The van der Waals surface area contributed by atoms with Crippen LogP contribution in [0, 0.1) is 11.2 Å². The van der Waals surface area contributed by atoms with Gasteiger partial charge in [0.2, 0.25) is 11.8 Å². The van der Waals surface area contributed by atoms with Crippen molar-refractivity contribution >= 4 is 41.2 Å². The smallest absolute Gasteiger partial charge is 0.319 e. The number of rotatable bonds is 10. The van der Waals surface area contributed by atoms with Crippen molar-refractivity contribution in [3.63, 3.8) is 0 Å². The Labute approximate surface area is 246 Å². The van der Waals surface area contributed by atoms with Crippen molar-refractivity contribution < 1.29 is 45.4 Å². The normalized spacial score (nSPS) is 25.4. The Morgan fingerprint density at radius 2 is 1.86 bits per heavy atom. The topological polar surface area (TPSA) is 65.9 Å². The SMILES string of the molecule is CN1Sc2cc(OCC3(C(=O)O)CC3(F)F)c(SC3CC(F)(F)C3)nc2N(c2ccc(F)cc2)CC1CCC(C)(F)F. The van der Waals surface area contributed by atoms with Crippen LogP contribution in [-0.4, -0.2) is 69.6 Å². The third-order valence-electron chi connectivity index (χ3n) is 7.67. The zero-order chi connectivity index (χ0) is 30.7. The minimum absolute atomic E-state index is 0.0456. The number of fused-ring (bicyclic) bond motifs is 1. The molecule has 1 aromatic heterocycles. The summed E-state index contributed by atoms with van der Waals surface area (Å²) in [6, 6.07) is 6.50. The first kappa shape index (κ1) is 31.0. The van der Waals surface area contributed by atoms with Gasteiger partial charge in [0.25, 0.3) is 5.92 Å². The molecule has 230 valence electrons. The second-order valence-electron chi connectivity index (χ2n) is 11.2. The Morgan fingerprint density at radius 3 is 2.40 bits per heavy atom. The molecule has 42 heavy (non-hydrogen) atoms. The van der Waals surface area contributed by atoms with Gasteiger partial charge in [-0.05, 0) is 56.6 Å². The van der Waals surface area contributed by atoms with Crippen LogP contribution in [0.5, 0.6) is 5.75 Å². The maximum atomic E-state index is 14.0. The summed E-state index contributed by atoms with van der Waals surface area (Å²) >= 11 is 2.12. The number of carboxylic acid groups (broad SMARTS) is 1. The fourth-order valence-corrected chi connectivity index (χ4v) is 7.29. The van der Waals surface area contributed by atoms with Gasteiger partial charge in [0.05, 0.1) is 4.90 Å². The molecular weight excluding hydrogens is 611 g/mol. The number of alkyl halides is 6. The molecule has 0 amide bonds. The van der Waals surface area contributed by atoms with Crippen molar-refractivity contribution in [2.24, 2.45) is 5.41 Å². The summed E-state index contributed by atoms with van der Waals surface area (Å²) in [5, 5.41) is 9.01. The van der Waals surface area contributed by atoms with Gasteiger partial charge < -0.3 is 14.7 Å². The third-order valence-corrected chi connectivity index (χ3v) is 9.94. The van der Waals surface area contributed by atoms with Crippen LogP contribution in [0.4, 0.5) is 42.2 Å². The molecule has 2 heterocycles. The molecule has 2 aromatic rings. The highest BCUT2D eigenvalue weighted by Gasteiger charge is 2.77. The van der Waals surface area contributed by atoms with Crippen LogP contribution in [0.25, 0.3) is 0 Å². The minimum Gasteiger partial charge on any atom is -0.489 e. The van der Waals surface area contributed by atoms with E-state index < -0.39 is 78.6 Å². The molecule has 2 saturated carbocycles. The molecular formula is C27H28F7N3O3S2. The summed E-state index contributed by atoms with van der Waals surface area (Å²) < 4.78 is 104. The second-order valence-corrected chi connectivity index (χ2v) is 13.6. The van der Waals surface area contributed by atoms with E-state index in [0.29, 0.717) is 16.4 Å². The molecule has 5 rings (SSSR count). The minimum atomic E-state index is -3.47. The largest absolute Gasteiger partial charge is 0.489 e. The third kappa shape index (κ3) is 6.42. The van der Waals surface area contributed by atoms with Crippen molar-refractivity contribution in [2.75, 3.05) is 25.1 Å². The lowest BCUT2D eigenvalue weighted by molar-refractivity contribution is -0.149. The van der Waals surface area contributed by atoms with E-state index in [-0.39, 0.29) is 23.7 Å². The molecule has 2 unspecified atom stereocenters. The highest BCUT2D eigenvalue weighted by atomic mass is 32.2. The Balaban J connectivity index is 1.53. The summed E-state index contributed by atoms with van der Waals surface area (Å²) in [4.78, 5) is 18.5. The Kier molecular flexibility index (Phi) is 8.10. The first-order valence-electron chi connectivity index (χ1n) is 13.1. The lowest BCUT2D eigenvalue weighted by Gasteiger charge is -2.34. The van der Waals surface area contributed by atoms with Crippen LogP contribution in [0.15, 0.2) is 40.3 Å². The molecule has 6 nitrogen and oxygen atoms in total. The molecule has 0 saturated heterocycles. The predicted molar refractivity (Wildman–Crippen MR) is 144 cm³/mol. The van der Waals surface area contributed by atoms with Gasteiger partial charge in [0.1, 0.15) is 23.3 Å². The average molecular weight is 640 g/mol. The number of hydrogen-bond acceptors (Lipinski definition) is 7. The van der Waals surface area contributed by atoms with Crippen molar-refractivity contribution in [3.05, 3.63) is 36.1 Å². The molecule has 2 aliphatic carbocycles. The van der Waals surface area contributed by atoms with Gasteiger partial charge in [0.15, 0.2) is 11.2 Å². The van der Waals surface area contributed by atoms with Crippen molar-refractivity contribution in [2.45, 2.75) is 78.0 Å². The summed E-state index contributed by atoms with van der Waals surface area (Å²) in [5.74, 6) is -11.2. The maximum Gasteiger partial charge on any atom is 0.319 e. The molecule has 2 fully saturated rings. The van der Waals surface area contributed by atoms with E-state index in [1.54, 1.807) is 16.3 Å². The van der Waals surface area contributed by atoms with Crippen molar-refractivity contribution in [3.8, 4) is 5.75 Å². The van der Waals surface area contributed by atoms with E-state index in [1.807, 2.05) is 0 Å². The van der Waals surface area contributed by atoms with Gasteiger partial charge in [-0.25, -0.2) is 40.0 Å². The fraction of sp³-hybridized carbons (Fsp3) is 0.556. The van der Waals surface area contributed by atoms with E-state index in [0.717, 1.165) is 30.6 Å². The van der Waals surface area contributed by atoms with Crippen LogP contribution in [0.1, 0.15) is 39.0 Å². The summed E-state index contributed by atoms with van der Waals surface area (Å²) in [6.07, 6.45) is -2.07. The monoisotopic (exact) mass is 639 g/mol. The number of thioether (sulfide) groups is 1. The number of nitrogens with zero attached hydrogens (tertiary/aromatic N) is 3. The first-order chi connectivity index (χ1) is 19.5. The number of ether oxygens (including phenoxy) is 1. The van der Waals surface area contributed by atoms with Crippen LogP contribution in [0.2, 0.25) is 0 Å². The van der Waals surface area contributed by atoms with Crippen LogP contribution < -0.4 is 9.64 Å². The number of pyridine rings is 1. The number of halogens is 7. The van der Waals surface area contributed by atoms with Crippen LogP contribution in [-0.2, 0) is 4.79 Å². The molecule has 0 radical (unpaired) electrons. The fourth-order valence-electron chi connectivity index (χ4n) is 4.92. The Morgan fingerprint density at radius 1 is 1.21 bits per heavy atom. The van der Waals surface area contributed by atoms with E-state index in [1.165, 1.54) is 30.3 Å². The summed E-state index contributed by atoms with van der Waals surface area (Å²) in [6.45, 7) is 0.140. The Hall–Kier alpha value is -2.39. The number of likely N-dealkylation sites (N-methyl/N-ethyl adjacent to an activating group) is 1. The van der Waals surface area contributed by atoms with E-state index in [9.17, 15) is 40.6 Å². The van der Waals surface area contributed by atoms with Gasteiger partial charge in [-0.15, -0.1) is 0 Å². The van der Waals surface area contributed by atoms with E-state index >= 15 is 0 Å². The highest BCUT2D eigenvalue weighted by molar-refractivity contribution is 8.00. The number of hydrogen-bond donors (Lipinski definition) is 1. The zero-order valence-corrected chi connectivity index (χ0v) is 24.2. The molecule has 1 N–H and O–H groups in total. The number of carbonyl (C=O) groups is 1. The molecule has 1 aromatic carbocycles. The molecule has 2 atom stereocenters.